The van der Waals surface area contributed by atoms with Gasteiger partial charge in [-0.15, -0.1) is 6.58 Å². The van der Waals surface area contributed by atoms with E-state index in [-0.39, 0.29) is 12.0 Å². The first-order valence-corrected chi connectivity index (χ1v) is 12.9. The summed E-state index contributed by atoms with van der Waals surface area (Å²) in [6.07, 6.45) is 9.33. The van der Waals surface area contributed by atoms with Crippen LogP contribution >= 0.6 is 0 Å². The molecule has 0 aliphatic heterocycles. The second-order valence-corrected chi connectivity index (χ2v) is 10.5. The van der Waals surface area contributed by atoms with E-state index in [1.165, 1.54) is 44.2 Å². The number of aliphatic imine (C=N–C) groups is 1. The van der Waals surface area contributed by atoms with Crippen LogP contribution in [0.3, 0.4) is 0 Å². The maximum Gasteiger partial charge on any atom is 0.319 e. The van der Waals surface area contributed by atoms with E-state index in [0.717, 1.165) is 29.0 Å². The molecular formula is C26H32N4O3S. The second kappa shape index (κ2) is 10.1. The number of hydrogen-bond donors (Lipinski definition) is 1. The Kier molecular flexibility index (Phi) is 7.16. The monoisotopic (exact) mass is 480 g/mol. The number of nitrogens with zero attached hydrogens (tertiary/aromatic N) is 3. The van der Waals surface area contributed by atoms with Gasteiger partial charge in [0, 0.05) is 16.8 Å². The summed E-state index contributed by atoms with van der Waals surface area (Å²) < 4.78 is 26.6. The third-order valence-electron chi connectivity index (χ3n) is 7.33. The van der Waals surface area contributed by atoms with E-state index in [1.54, 1.807) is 6.08 Å². The fraction of sp³-hybridized carbons (Fsp3) is 0.462. The molecule has 7 nitrogen and oxygen atoms in total. The van der Waals surface area contributed by atoms with Gasteiger partial charge in [0.2, 0.25) is 5.96 Å². The highest BCUT2D eigenvalue weighted by atomic mass is 32.2. The van der Waals surface area contributed by atoms with Crippen molar-refractivity contribution in [3.05, 3.63) is 60.8 Å². The Morgan fingerprint density at radius 3 is 2.18 bits per heavy atom. The van der Waals surface area contributed by atoms with Gasteiger partial charge in [0.25, 0.3) is 5.91 Å². The number of aromatic nitrogens is 1. The Bertz CT molecular complexity index is 1180. The lowest BCUT2D eigenvalue weighted by Gasteiger charge is -2.57. The molecule has 8 heteroatoms. The SMILES string of the molecule is C=CC.NC(=NC(=O)Cn1c(-c2ccccc2)ccc1C12CC3CC(CC(C3)C1)C2)N=S(=O)=O. The van der Waals surface area contributed by atoms with Crippen LogP contribution in [0.1, 0.15) is 51.1 Å². The number of benzene rings is 1. The van der Waals surface area contributed by atoms with E-state index in [0.29, 0.717) is 0 Å². The standard InChI is InChI=1S/C23H26N4O3S.C3H6/c24-22(26-31(29)30)25-21(28)14-27-19(18-4-2-1-3-5-18)6-7-20(27)23-11-15-8-16(12-23)10-17(9-15)13-23;1-3-2/h1-7,15-17H,8-14H2,(H2,24,25,28);3H,1H2,2H3. The zero-order valence-corrected chi connectivity index (χ0v) is 20.4. The normalized spacial score (nSPS) is 27.0. The zero-order chi connectivity index (χ0) is 24.3. The highest BCUT2D eigenvalue weighted by molar-refractivity contribution is 7.62. The number of allylic oxidation sites excluding steroid dienone is 1. The average molecular weight is 481 g/mol. The molecule has 4 fully saturated rings. The van der Waals surface area contributed by atoms with Crippen LogP contribution in [0, 0.1) is 17.8 Å². The quantitative estimate of drug-likeness (QED) is 0.388. The third-order valence-corrected chi connectivity index (χ3v) is 7.67. The van der Waals surface area contributed by atoms with Crippen molar-refractivity contribution in [3.63, 3.8) is 0 Å². The maximum absolute atomic E-state index is 12.7. The number of nitrogens with two attached hydrogens (primary N) is 1. The highest BCUT2D eigenvalue weighted by Crippen LogP contribution is 2.61. The number of guanidine groups is 1. The molecule has 0 atom stereocenters. The van der Waals surface area contributed by atoms with Crippen LogP contribution < -0.4 is 5.73 Å². The lowest BCUT2D eigenvalue weighted by molar-refractivity contribution is -0.118. The van der Waals surface area contributed by atoms with Gasteiger partial charge in [0.1, 0.15) is 6.54 Å². The summed E-state index contributed by atoms with van der Waals surface area (Å²) >= 11 is 0. The van der Waals surface area contributed by atoms with E-state index >= 15 is 0 Å². The van der Waals surface area contributed by atoms with Gasteiger partial charge in [-0.1, -0.05) is 40.8 Å². The number of carbonyl (C=O) groups is 1. The molecule has 0 saturated heterocycles. The highest BCUT2D eigenvalue weighted by Gasteiger charge is 2.52. The van der Waals surface area contributed by atoms with Crippen molar-refractivity contribution in [2.24, 2.45) is 32.8 Å². The summed E-state index contributed by atoms with van der Waals surface area (Å²) in [6, 6.07) is 14.3. The fourth-order valence-corrected chi connectivity index (χ4v) is 6.98. The minimum absolute atomic E-state index is 0.00994. The van der Waals surface area contributed by atoms with E-state index in [2.05, 4.69) is 32.6 Å². The lowest BCUT2D eigenvalue weighted by Crippen LogP contribution is -2.49. The zero-order valence-electron chi connectivity index (χ0n) is 19.6. The summed E-state index contributed by atoms with van der Waals surface area (Å²) in [5.74, 6) is 1.30. The molecule has 1 aromatic heterocycles. The Hall–Kier alpha value is -3.00. The molecule has 180 valence electrons. The predicted molar refractivity (Wildman–Crippen MR) is 134 cm³/mol. The van der Waals surface area contributed by atoms with Gasteiger partial charge in [-0.2, -0.15) is 13.4 Å². The summed E-state index contributed by atoms with van der Waals surface area (Å²) in [6.45, 7) is 5.26. The van der Waals surface area contributed by atoms with Gasteiger partial charge in [-0.25, -0.2) is 0 Å². The molecule has 6 rings (SSSR count). The molecule has 4 aliphatic carbocycles. The first-order valence-electron chi connectivity index (χ1n) is 11.8. The van der Waals surface area contributed by atoms with Crippen LogP contribution in [0.4, 0.5) is 0 Å². The molecule has 4 saturated carbocycles. The molecule has 0 spiro atoms. The number of hydrogen-bond acceptors (Lipinski definition) is 3. The molecule has 4 bridgehead atoms. The van der Waals surface area contributed by atoms with E-state index < -0.39 is 22.4 Å². The predicted octanol–water partition coefficient (Wildman–Crippen LogP) is 4.72. The Balaban J connectivity index is 0.000000868. The van der Waals surface area contributed by atoms with E-state index in [1.807, 2.05) is 37.3 Å². The minimum Gasteiger partial charge on any atom is -0.367 e. The molecule has 2 N–H and O–H groups in total. The van der Waals surface area contributed by atoms with Gasteiger partial charge in [0.05, 0.1) is 0 Å². The number of amides is 1. The Labute approximate surface area is 202 Å². The summed E-state index contributed by atoms with van der Waals surface area (Å²) in [5.41, 5.74) is 8.82. The van der Waals surface area contributed by atoms with Crippen molar-refractivity contribution < 1.29 is 13.2 Å². The Morgan fingerprint density at radius 1 is 1.09 bits per heavy atom. The maximum atomic E-state index is 12.7. The minimum atomic E-state index is -2.74. The van der Waals surface area contributed by atoms with Crippen molar-refractivity contribution in [1.82, 2.24) is 4.57 Å². The fourth-order valence-electron chi connectivity index (χ4n) is 6.78. The van der Waals surface area contributed by atoms with Gasteiger partial charge < -0.3 is 10.3 Å². The van der Waals surface area contributed by atoms with Crippen LogP contribution in [0.2, 0.25) is 0 Å². The van der Waals surface area contributed by atoms with Crippen molar-refractivity contribution in [3.8, 4) is 11.3 Å². The molecular weight excluding hydrogens is 448 g/mol. The van der Waals surface area contributed by atoms with E-state index in [4.69, 9.17) is 5.73 Å². The van der Waals surface area contributed by atoms with Crippen LogP contribution in [0.5, 0.6) is 0 Å². The third kappa shape index (κ3) is 5.06. The van der Waals surface area contributed by atoms with Crippen LogP contribution in [0.25, 0.3) is 11.3 Å². The molecule has 1 amide bonds. The van der Waals surface area contributed by atoms with Gasteiger partial charge >= 0.3 is 10.5 Å². The van der Waals surface area contributed by atoms with Crippen molar-refractivity contribution >= 4 is 22.4 Å². The molecule has 1 heterocycles. The molecule has 0 unspecified atom stereocenters. The summed E-state index contributed by atoms with van der Waals surface area (Å²) in [5, 5.41) is 0. The Morgan fingerprint density at radius 2 is 1.65 bits per heavy atom. The number of carbonyl (C=O) groups excluding carboxylic acids is 1. The molecule has 2 aromatic rings. The molecule has 0 radical (unpaired) electrons. The van der Waals surface area contributed by atoms with Crippen LogP contribution in [0.15, 0.2) is 64.5 Å². The van der Waals surface area contributed by atoms with Gasteiger partial charge in [0.15, 0.2) is 0 Å². The van der Waals surface area contributed by atoms with Crippen LogP contribution in [-0.2, 0) is 27.3 Å². The smallest absolute Gasteiger partial charge is 0.319 e. The van der Waals surface area contributed by atoms with E-state index in [9.17, 15) is 13.2 Å². The average Bonchev–Trinajstić information content (AvgIpc) is 3.17. The first kappa shape index (κ1) is 24.1. The molecule has 34 heavy (non-hydrogen) atoms. The van der Waals surface area contributed by atoms with Gasteiger partial charge in [-0.05, 0) is 80.9 Å². The lowest BCUT2D eigenvalue weighted by atomic mass is 9.49. The first-order chi connectivity index (χ1) is 16.3. The van der Waals surface area contributed by atoms with Crippen molar-refractivity contribution in [2.75, 3.05) is 0 Å². The molecule has 1 aromatic carbocycles. The summed E-state index contributed by atoms with van der Waals surface area (Å²) in [7, 11) is -2.74. The van der Waals surface area contributed by atoms with Crippen molar-refractivity contribution in [1.29, 1.82) is 0 Å². The number of rotatable bonds is 4. The summed E-state index contributed by atoms with van der Waals surface area (Å²) in [4.78, 5) is 16.4. The molecule has 4 aliphatic rings. The van der Waals surface area contributed by atoms with Crippen molar-refractivity contribution in [2.45, 2.75) is 57.4 Å². The topological polar surface area (TPSA) is 107 Å². The largest absolute Gasteiger partial charge is 0.367 e. The van der Waals surface area contributed by atoms with Gasteiger partial charge in [-0.3, -0.25) is 4.79 Å². The van der Waals surface area contributed by atoms with Crippen LogP contribution in [-0.4, -0.2) is 24.9 Å². The second-order valence-electron chi connectivity index (χ2n) is 9.83.